The van der Waals surface area contributed by atoms with Gasteiger partial charge in [0, 0.05) is 19.3 Å². The maximum absolute atomic E-state index is 13.0. The predicted molar refractivity (Wildman–Crippen MR) is 464 cm³/mol. The Balaban J connectivity index is 4.39. The molecule has 0 aliphatic carbocycles. The van der Waals surface area contributed by atoms with Crippen LogP contribution in [0.3, 0.4) is 0 Å². The summed E-state index contributed by atoms with van der Waals surface area (Å²) in [4.78, 5) is 58.8. The van der Waals surface area contributed by atoms with E-state index in [1.54, 1.807) is 0 Å². The van der Waals surface area contributed by atoms with Gasteiger partial charge in [-0.05, 0) is 109 Å². The smallest absolute Gasteiger partial charge is 0.463 e. The van der Waals surface area contributed by atoms with Gasteiger partial charge >= 0.3 is 33.6 Å². The summed E-state index contributed by atoms with van der Waals surface area (Å²) in [5.74, 6) is -1.55. The summed E-state index contributed by atoms with van der Waals surface area (Å²) in [5, 5.41) is 20.7. The lowest BCUT2D eigenvalue weighted by molar-refractivity contribution is -0.161. The molecule has 0 heterocycles. The first-order chi connectivity index (χ1) is 54.2. The first-order valence-electron chi connectivity index (χ1n) is 45.5. The molecule has 0 rings (SSSR count). The van der Waals surface area contributed by atoms with Crippen molar-refractivity contribution in [3.8, 4) is 0 Å². The Labute approximate surface area is 679 Å². The lowest BCUT2D eigenvalue weighted by atomic mass is 10.0. The standard InChI is InChI=1S/C93H168O16P2/c1-4-7-10-13-16-19-22-25-27-29-31-33-35-37-39-41-42-43-44-46-48-49-51-53-55-57-59-62-64-67-70-73-76-79-91(96)103-82-88(94)83-105-110(99,100)106-84-89(95)85-107-111(101,102)108-87-90(109-93(98)81-78-75-72-69-66-61-24-21-18-15-12-9-6-3)86-104-92(97)80-77-74-71-68-65-63-60-58-56-54-52-50-47-45-40-38-36-34-32-30-28-26-23-20-17-14-11-8-5-2/h16-17,19-20,25-28,31-34,37-40,88-90,94-95H,4-15,18,21-24,29-30,35-36,41-87H2,1-3H3,(H,99,100)(H,101,102)/b19-16-,20-17-,27-25-,28-26-,33-31-,34-32-,39-37-,40-38-. The number of ether oxygens (including phenoxy) is 3. The van der Waals surface area contributed by atoms with Gasteiger partial charge in [-0.1, -0.05) is 388 Å². The molecule has 111 heavy (non-hydrogen) atoms. The second-order valence-electron chi connectivity index (χ2n) is 30.8. The summed E-state index contributed by atoms with van der Waals surface area (Å²) in [6.07, 6.45) is 102. The number of carbonyl (C=O) groups excluding carboxylic acids is 3. The Hall–Kier alpha value is -3.53. The SMILES string of the molecule is CCCCC/C=C\C/C=C\C/C=C\C/C=C\CCCCCCCCCCCCCCCCCCCC(=O)OCC(O)COP(=O)(O)OCC(O)COP(=O)(O)OCC(COC(=O)CCCCCCCCCCCCCCC/C=C\C/C=C\C/C=C\C/C=C\CCCCC)OC(=O)CCCCCCCCCCCCCCC. The van der Waals surface area contributed by atoms with Gasteiger partial charge < -0.3 is 34.2 Å². The second-order valence-corrected chi connectivity index (χ2v) is 33.7. The van der Waals surface area contributed by atoms with Crippen LogP contribution in [-0.4, -0.2) is 95.9 Å². The van der Waals surface area contributed by atoms with Crippen LogP contribution in [0.4, 0.5) is 0 Å². The van der Waals surface area contributed by atoms with Crippen LogP contribution in [0.2, 0.25) is 0 Å². The van der Waals surface area contributed by atoms with Crippen molar-refractivity contribution >= 4 is 33.6 Å². The van der Waals surface area contributed by atoms with E-state index in [1.807, 2.05) is 0 Å². The molecular formula is C93H168O16P2. The van der Waals surface area contributed by atoms with Crippen molar-refractivity contribution in [1.82, 2.24) is 0 Å². The highest BCUT2D eigenvalue weighted by atomic mass is 31.2. The molecule has 0 spiro atoms. The topological polar surface area (TPSA) is 231 Å². The minimum absolute atomic E-state index is 0.110. The maximum Gasteiger partial charge on any atom is 0.472 e. The normalized spacial score (nSPS) is 14.3. The first-order valence-corrected chi connectivity index (χ1v) is 48.5. The fourth-order valence-corrected chi connectivity index (χ4v) is 14.4. The van der Waals surface area contributed by atoms with Crippen LogP contribution in [-0.2, 0) is 55.8 Å². The largest absolute Gasteiger partial charge is 0.472 e. The highest BCUT2D eigenvalue weighted by molar-refractivity contribution is 7.47. The van der Waals surface area contributed by atoms with E-state index in [2.05, 4.69) is 118 Å². The summed E-state index contributed by atoms with van der Waals surface area (Å²) in [7, 11) is -9.78. The molecule has 0 aromatic heterocycles. The quantitative estimate of drug-likeness (QED) is 0.0146. The molecule has 0 aliphatic rings. The molecule has 0 aromatic carbocycles. The zero-order chi connectivity index (χ0) is 80.8. The fourth-order valence-electron chi connectivity index (χ4n) is 12.8. The van der Waals surface area contributed by atoms with Gasteiger partial charge in [-0.2, -0.15) is 0 Å². The fraction of sp³-hybridized carbons (Fsp3) is 0.796. The molecule has 18 heteroatoms. The Bertz CT molecular complexity index is 2400. The van der Waals surface area contributed by atoms with E-state index in [1.165, 1.54) is 250 Å². The van der Waals surface area contributed by atoms with Gasteiger partial charge in [-0.3, -0.25) is 32.5 Å². The highest BCUT2D eigenvalue weighted by Gasteiger charge is 2.29. The minimum Gasteiger partial charge on any atom is -0.463 e. The van der Waals surface area contributed by atoms with Crippen molar-refractivity contribution in [2.24, 2.45) is 0 Å². The van der Waals surface area contributed by atoms with Crippen molar-refractivity contribution in [3.63, 3.8) is 0 Å². The number of phosphoric acid groups is 2. The van der Waals surface area contributed by atoms with Crippen LogP contribution in [0.5, 0.6) is 0 Å². The van der Waals surface area contributed by atoms with Gasteiger partial charge in [-0.15, -0.1) is 0 Å². The molecule has 5 atom stereocenters. The molecule has 16 nitrogen and oxygen atoms in total. The molecule has 0 bridgehead atoms. The van der Waals surface area contributed by atoms with Crippen molar-refractivity contribution in [3.05, 3.63) is 97.2 Å². The van der Waals surface area contributed by atoms with Crippen LogP contribution in [0.25, 0.3) is 0 Å². The van der Waals surface area contributed by atoms with Crippen LogP contribution >= 0.6 is 15.6 Å². The number of phosphoric ester groups is 2. The van der Waals surface area contributed by atoms with E-state index in [4.69, 9.17) is 32.3 Å². The summed E-state index contributed by atoms with van der Waals surface area (Å²) in [6.45, 7) is 2.70. The van der Waals surface area contributed by atoms with Crippen LogP contribution < -0.4 is 0 Å². The molecule has 0 saturated heterocycles. The molecule has 646 valence electrons. The van der Waals surface area contributed by atoms with Crippen molar-refractivity contribution < 1.29 is 75.8 Å². The van der Waals surface area contributed by atoms with E-state index >= 15 is 0 Å². The molecule has 0 fully saturated rings. The average Bonchev–Trinajstić information content (AvgIpc) is 0.978. The summed E-state index contributed by atoms with van der Waals surface area (Å²) < 4.78 is 61.4. The van der Waals surface area contributed by atoms with E-state index in [-0.39, 0.29) is 19.3 Å². The van der Waals surface area contributed by atoms with Gasteiger partial charge in [0.05, 0.1) is 26.4 Å². The number of rotatable bonds is 87. The summed E-state index contributed by atoms with van der Waals surface area (Å²) in [5.41, 5.74) is 0. The van der Waals surface area contributed by atoms with Gasteiger partial charge in [-0.25, -0.2) is 9.13 Å². The molecule has 4 N–H and O–H groups in total. The van der Waals surface area contributed by atoms with Gasteiger partial charge in [0.25, 0.3) is 0 Å². The van der Waals surface area contributed by atoms with E-state index in [9.17, 15) is 43.5 Å². The van der Waals surface area contributed by atoms with Crippen molar-refractivity contribution in [2.45, 2.75) is 437 Å². The number of esters is 3. The van der Waals surface area contributed by atoms with Crippen LogP contribution in [0.15, 0.2) is 97.2 Å². The molecule has 0 amide bonds. The third kappa shape index (κ3) is 87.2. The Morgan fingerprint density at radius 3 is 0.730 bits per heavy atom. The first kappa shape index (κ1) is 107. The van der Waals surface area contributed by atoms with E-state index in [0.717, 1.165) is 109 Å². The zero-order valence-corrected chi connectivity index (χ0v) is 72.9. The number of hydrogen-bond donors (Lipinski definition) is 4. The van der Waals surface area contributed by atoms with Crippen molar-refractivity contribution in [2.75, 3.05) is 39.6 Å². The van der Waals surface area contributed by atoms with Gasteiger partial charge in [0.15, 0.2) is 6.10 Å². The molecule has 5 unspecified atom stereocenters. The van der Waals surface area contributed by atoms with Crippen LogP contribution in [0.1, 0.15) is 419 Å². The molecular weight excluding hydrogens is 1430 g/mol. The third-order valence-electron chi connectivity index (χ3n) is 19.8. The number of hydrogen-bond acceptors (Lipinski definition) is 14. The van der Waals surface area contributed by atoms with Gasteiger partial charge in [0.2, 0.25) is 0 Å². The van der Waals surface area contributed by atoms with E-state index in [0.29, 0.717) is 19.3 Å². The number of aliphatic hydroxyl groups is 2. The number of unbranched alkanes of at least 4 members (excludes halogenated alkanes) is 48. The maximum atomic E-state index is 13.0. The highest BCUT2D eigenvalue weighted by Crippen LogP contribution is 2.45. The molecule has 0 aromatic rings. The zero-order valence-electron chi connectivity index (χ0n) is 71.1. The molecule has 0 radical (unpaired) electrons. The molecule has 0 saturated carbocycles. The lowest BCUT2D eigenvalue weighted by Crippen LogP contribution is -2.30. The Morgan fingerprint density at radius 1 is 0.252 bits per heavy atom. The number of aliphatic hydroxyl groups excluding tert-OH is 2. The third-order valence-corrected chi connectivity index (χ3v) is 21.7. The predicted octanol–water partition coefficient (Wildman–Crippen LogP) is 27.7. The minimum atomic E-state index is -4.93. The average molecular weight is 1600 g/mol. The number of allylic oxidation sites excluding steroid dienone is 16. The Morgan fingerprint density at radius 2 is 0.450 bits per heavy atom. The second kappa shape index (κ2) is 85.8. The van der Waals surface area contributed by atoms with Crippen LogP contribution in [0, 0.1) is 0 Å². The monoisotopic (exact) mass is 1600 g/mol. The lowest BCUT2D eigenvalue weighted by Gasteiger charge is -2.21. The van der Waals surface area contributed by atoms with Crippen molar-refractivity contribution in [1.29, 1.82) is 0 Å². The summed E-state index contributed by atoms with van der Waals surface area (Å²) >= 11 is 0. The Kier molecular flexibility index (Phi) is 83.1. The molecule has 0 aliphatic heterocycles. The summed E-state index contributed by atoms with van der Waals surface area (Å²) in [6, 6.07) is 0. The van der Waals surface area contributed by atoms with E-state index < -0.39 is 91.5 Å². The van der Waals surface area contributed by atoms with Gasteiger partial charge in [0.1, 0.15) is 25.4 Å². The number of carbonyl (C=O) groups is 3.